The zero-order valence-corrected chi connectivity index (χ0v) is 48.7. The van der Waals surface area contributed by atoms with Gasteiger partial charge in [-0.2, -0.15) is 0 Å². The molecule has 0 heterocycles. The maximum absolute atomic E-state index is 3.24. The van der Waals surface area contributed by atoms with E-state index in [0.717, 1.165) is 0 Å². The van der Waals surface area contributed by atoms with Gasteiger partial charge in [0.2, 0.25) is 0 Å². The number of rotatable bonds is 12. The molecule has 350 valence electrons. The first-order valence-corrected chi connectivity index (χ1v) is 39.4. The zero-order valence-electron chi connectivity index (χ0n) is 42.8. The topological polar surface area (TPSA) is 0 Å². The van der Waals surface area contributed by atoms with Gasteiger partial charge in [0.25, 0.3) is 0 Å². The average Bonchev–Trinajstić information content (AvgIpc) is 3.30. The van der Waals surface area contributed by atoms with E-state index in [1.54, 1.807) is 0 Å². The van der Waals surface area contributed by atoms with Gasteiger partial charge in [0.15, 0.2) is 0 Å². The Hall–Kier alpha value is -5.09. The molecule has 0 aliphatic carbocycles. The molecule has 0 radical (unpaired) electrons. The van der Waals surface area contributed by atoms with Crippen LogP contribution < -0.4 is 0 Å². The Morgan fingerprint density at radius 1 is 0.214 bits per heavy atom. The van der Waals surface area contributed by atoms with Crippen LogP contribution in [0.15, 0.2) is 178 Å². The minimum absolute atomic E-state index is 1.28. The van der Waals surface area contributed by atoms with Crippen molar-refractivity contribution >= 4 is 42.9 Å². The fourth-order valence-corrected chi connectivity index (χ4v) is 40.5. The molecule has 0 aliphatic rings. The van der Waals surface area contributed by atoms with Crippen LogP contribution >= 0.6 is 25.6 Å². The molecule has 0 spiro atoms. The molecule has 0 saturated heterocycles. The summed E-state index contributed by atoms with van der Waals surface area (Å²) < 4.78 is 0. The monoisotopic (exact) mass is 1160 g/mol. The third-order valence-electron chi connectivity index (χ3n) is 13.6. The van der Waals surface area contributed by atoms with Crippen LogP contribution in [0.2, 0.25) is 0 Å². The molecule has 9 rings (SSSR count). The van der Waals surface area contributed by atoms with Gasteiger partial charge in [-0.05, 0) is 0 Å². The number of hydrogen-bond acceptors (Lipinski definition) is 3. The van der Waals surface area contributed by atoms with Crippen molar-refractivity contribution in [3.8, 4) is 66.8 Å². The summed E-state index contributed by atoms with van der Waals surface area (Å²) in [4.78, 5) is 4.15. The van der Waals surface area contributed by atoms with Gasteiger partial charge >= 0.3 is 438 Å². The summed E-state index contributed by atoms with van der Waals surface area (Å²) in [5, 5.41) is 0. The van der Waals surface area contributed by atoms with Gasteiger partial charge in [-0.25, -0.2) is 0 Å². The Labute approximate surface area is 434 Å². The second kappa shape index (κ2) is 21.3. The van der Waals surface area contributed by atoms with Crippen molar-refractivity contribution in [3.63, 3.8) is 0 Å². The molecule has 0 bridgehead atoms. The maximum atomic E-state index is 2.39. The van der Waals surface area contributed by atoms with Crippen LogP contribution in [0.3, 0.4) is 0 Å². The molecular weight excluding hydrogens is 1100 g/mol. The Morgan fingerprint density at radius 3 is 0.543 bits per heavy atom. The Kier molecular flexibility index (Phi) is 15.2. The third-order valence-corrected chi connectivity index (χ3v) is 39.3. The van der Waals surface area contributed by atoms with Gasteiger partial charge in [-0.1, -0.05) is 0 Å². The summed E-state index contributed by atoms with van der Waals surface area (Å²) in [5.41, 5.74) is 31.3. The van der Waals surface area contributed by atoms with E-state index >= 15 is 0 Å². The minimum atomic E-state index is -3.24. The summed E-state index contributed by atoms with van der Waals surface area (Å²) >= 11 is -3.24. The van der Waals surface area contributed by atoms with Gasteiger partial charge in [0.05, 0.1) is 0 Å². The normalized spacial score (nSPS) is 11.4. The third kappa shape index (κ3) is 10.6. The van der Waals surface area contributed by atoms with Crippen LogP contribution in [0.5, 0.6) is 0 Å². The van der Waals surface area contributed by atoms with Crippen LogP contribution in [0.1, 0.15) is 66.8 Å². The van der Waals surface area contributed by atoms with E-state index < -0.39 is 17.4 Å². The van der Waals surface area contributed by atoms with E-state index in [2.05, 4.69) is 272 Å². The van der Waals surface area contributed by atoms with Gasteiger partial charge < -0.3 is 0 Å². The molecule has 0 nitrogen and oxygen atoms in total. The quantitative estimate of drug-likeness (QED) is 0.112. The molecule has 0 aliphatic heterocycles. The van der Waals surface area contributed by atoms with E-state index in [1.165, 1.54) is 148 Å². The van der Waals surface area contributed by atoms with Gasteiger partial charge in [-0.3, -0.25) is 0 Å². The van der Waals surface area contributed by atoms with Gasteiger partial charge in [0.1, 0.15) is 0 Å². The molecule has 0 aromatic heterocycles. The molecule has 9 aromatic carbocycles. The first-order chi connectivity index (χ1) is 33.6. The van der Waals surface area contributed by atoms with Crippen molar-refractivity contribution in [2.24, 2.45) is 0 Å². The summed E-state index contributed by atoms with van der Waals surface area (Å²) in [6.07, 6.45) is 0. The van der Waals surface area contributed by atoms with Crippen molar-refractivity contribution in [1.82, 2.24) is 0 Å². The van der Waals surface area contributed by atoms with E-state index in [1.807, 2.05) is 0 Å². The Balaban J connectivity index is 1.36. The van der Waals surface area contributed by atoms with Crippen molar-refractivity contribution in [3.05, 3.63) is 231 Å². The molecular formula is C66H63BiS3. The van der Waals surface area contributed by atoms with Gasteiger partial charge in [-0.15, -0.1) is 0 Å². The Bertz CT molecular complexity index is 2880. The van der Waals surface area contributed by atoms with Gasteiger partial charge in [0, 0.05) is 0 Å². The van der Waals surface area contributed by atoms with E-state index in [-0.39, 0.29) is 0 Å². The van der Waals surface area contributed by atoms with E-state index in [4.69, 9.17) is 0 Å². The van der Waals surface area contributed by atoms with Crippen LogP contribution in [0.4, 0.5) is 0 Å². The summed E-state index contributed by atoms with van der Waals surface area (Å²) in [6, 6.07) is 63.2. The molecule has 0 N–H and O–H groups in total. The van der Waals surface area contributed by atoms with E-state index in [9.17, 15) is 0 Å². The predicted octanol–water partition coefficient (Wildman–Crippen LogP) is 20.1. The summed E-state index contributed by atoms with van der Waals surface area (Å²) in [7, 11) is 6.66. The number of aryl methyl sites for hydroxylation is 12. The molecule has 70 heavy (non-hydrogen) atoms. The van der Waals surface area contributed by atoms with Crippen LogP contribution in [-0.2, 0) is 0 Å². The predicted molar refractivity (Wildman–Crippen MR) is 312 cm³/mol. The van der Waals surface area contributed by atoms with E-state index in [0.29, 0.717) is 0 Å². The molecule has 0 atom stereocenters. The van der Waals surface area contributed by atoms with Crippen LogP contribution in [0, 0.1) is 83.1 Å². The van der Waals surface area contributed by atoms with Crippen molar-refractivity contribution < 1.29 is 0 Å². The van der Waals surface area contributed by atoms with Crippen molar-refractivity contribution in [2.45, 2.75) is 97.8 Å². The Morgan fingerprint density at radius 2 is 0.386 bits per heavy atom. The average molecular weight is 1160 g/mol. The molecule has 0 unspecified atom stereocenters. The second-order valence-corrected chi connectivity index (χ2v) is 45.1. The number of hydrogen-bond donors (Lipinski definition) is 0. The fraction of sp³-hybridized carbons (Fsp3) is 0.182. The molecule has 4 heteroatoms. The standard InChI is InChI=1S/3C22H22S.Bi/c3*1-14-8-10-18(16(3)12-14)20-6-5-7-21(22(20)23)19-11-9-15(2)13-17(19)4;/h3*5-13,23H,1-4H3;/q;;;+3/p-3. The second-order valence-electron chi connectivity index (χ2n) is 19.5. The van der Waals surface area contributed by atoms with Crippen molar-refractivity contribution in [2.75, 3.05) is 0 Å². The molecule has 0 amide bonds. The SMILES string of the molecule is Cc1ccc(-c2cccc(-c3ccc(C)cc3C)c2[S][Bi]([S]c2c(-c3ccc(C)cc3C)cccc2-c2ccc(C)cc2C)[S]c2c(-c3ccc(C)cc3C)cccc2-c2ccc(C)cc2C)c(C)c1. The van der Waals surface area contributed by atoms with Crippen LogP contribution in [-0.4, -0.2) is 17.4 Å². The molecule has 0 saturated carbocycles. The summed E-state index contributed by atoms with van der Waals surface area (Å²) in [5.74, 6) is 0. The van der Waals surface area contributed by atoms with Crippen LogP contribution in [0.25, 0.3) is 66.8 Å². The molecule has 9 aromatic rings. The first kappa shape index (κ1) is 49.9. The fourth-order valence-electron chi connectivity index (χ4n) is 10.2. The first-order valence-electron chi connectivity index (χ1n) is 24.3. The summed E-state index contributed by atoms with van der Waals surface area (Å²) in [6.45, 7) is 27.0. The number of benzene rings is 9. The zero-order chi connectivity index (χ0) is 49.4. The molecule has 0 fully saturated rings. The van der Waals surface area contributed by atoms with Crippen molar-refractivity contribution in [1.29, 1.82) is 0 Å².